The molecule has 8 nitrogen and oxygen atoms in total. The first-order chi connectivity index (χ1) is 13.2. The minimum Gasteiger partial charge on any atom is -0.450 e. The number of carbonyl (C=O) groups excluding carboxylic acids is 2. The molecule has 0 N–H and O–H groups in total. The molecule has 8 heteroatoms. The highest BCUT2D eigenvalue weighted by atomic mass is 16.6. The van der Waals surface area contributed by atoms with E-state index in [4.69, 9.17) is 4.74 Å². The summed E-state index contributed by atoms with van der Waals surface area (Å²) >= 11 is 0. The third kappa shape index (κ3) is 5.32. The number of rotatable bonds is 5. The zero-order valence-electron chi connectivity index (χ0n) is 16.0. The van der Waals surface area contributed by atoms with Crippen molar-refractivity contribution in [3.8, 4) is 0 Å². The van der Waals surface area contributed by atoms with Gasteiger partial charge < -0.3 is 19.4 Å². The Kier molecular flexibility index (Phi) is 6.86. The van der Waals surface area contributed by atoms with E-state index in [0.717, 1.165) is 38.5 Å². The van der Waals surface area contributed by atoms with Gasteiger partial charge in [-0.25, -0.2) is 9.78 Å². The minimum absolute atomic E-state index is 0.172. The lowest BCUT2D eigenvalue weighted by atomic mass is 10.2. The van der Waals surface area contributed by atoms with Crippen LogP contribution in [0.4, 0.5) is 10.6 Å². The van der Waals surface area contributed by atoms with Gasteiger partial charge in [-0.2, -0.15) is 0 Å². The second-order valence-electron chi connectivity index (χ2n) is 6.83. The highest BCUT2D eigenvalue weighted by molar-refractivity contribution is 5.77. The summed E-state index contributed by atoms with van der Waals surface area (Å²) in [6, 6.07) is 5.97. The van der Waals surface area contributed by atoms with Crippen LogP contribution in [-0.4, -0.2) is 97.2 Å². The van der Waals surface area contributed by atoms with E-state index in [1.807, 2.05) is 29.3 Å². The van der Waals surface area contributed by atoms with Gasteiger partial charge in [0.2, 0.25) is 5.91 Å². The number of ether oxygens (including phenoxy) is 1. The van der Waals surface area contributed by atoms with E-state index in [-0.39, 0.29) is 12.0 Å². The molecule has 3 heterocycles. The van der Waals surface area contributed by atoms with Crippen LogP contribution in [0.1, 0.15) is 13.3 Å². The summed E-state index contributed by atoms with van der Waals surface area (Å²) in [4.78, 5) is 36.8. The number of amides is 2. The smallest absolute Gasteiger partial charge is 0.409 e. The van der Waals surface area contributed by atoms with Gasteiger partial charge in [-0.15, -0.1) is 0 Å². The number of aromatic nitrogens is 1. The van der Waals surface area contributed by atoms with Gasteiger partial charge in [0.15, 0.2) is 0 Å². The lowest BCUT2D eigenvalue weighted by molar-refractivity contribution is -0.133. The summed E-state index contributed by atoms with van der Waals surface area (Å²) in [5.74, 6) is 1.19. The number of hydrogen-bond donors (Lipinski definition) is 0. The van der Waals surface area contributed by atoms with Gasteiger partial charge in [0.05, 0.1) is 6.61 Å². The maximum Gasteiger partial charge on any atom is 0.409 e. The Balaban J connectivity index is 1.35. The Hall–Kier alpha value is -2.35. The Bertz CT molecular complexity index is 611. The van der Waals surface area contributed by atoms with E-state index in [9.17, 15) is 9.59 Å². The molecule has 2 aliphatic heterocycles. The molecule has 0 spiro atoms. The molecule has 2 fully saturated rings. The average molecular weight is 375 g/mol. The van der Waals surface area contributed by atoms with Crippen LogP contribution >= 0.6 is 0 Å². The van der Waals surface area contributed by atoms with Crippen molar-refractivity contribution in [2.45, 2.75) is 13.3 Å². The quantitative estimate of drug-likeness (QED) is 0.762. The van der Waals surface area contributed by atoms with E-state index in [2.05, 4.69) is 14.8 Å². The fourth-order valence-electron chi connectivity index (χ4n) is 3.51. The topological polar surface area (TPSA) is 69.2 Å². The molecular formula is C19H29N5O3. The third-order valence-corrected chi connectivity index (χ3v) is 5.15. The summed E-state index contributed by atoms with van der Waals surface area (Å²) < 4.78 is 5.01. The van der Waals surface area contributed by atoms with Gasteiger partial charge in [-0.05, 0) is 19.1 Å². The van der Waals surface area contributed by atoms with E-state index >= 15 is 0 Å². The van der Waals surface area contributed by atoms with Crippen molar-refractivity contribution in [3.63, 3.8) is 0 Å². The molecule has 27 heavy (non-hydrogen) atoms. The number of piperazine rings is 2. The Labute approximate surface area is 160 Å². The number of hydrogen-bond acceptors (Lipinski definition) is 6. The first kappa shape index (κ1) is 19.4. The van der Waals surface area contributed by atoms with E-state index in [1.165, 1.54) is 0 Å². The Morgan fingerprint density at radius 1 is 1.00 bits per heavy atom. The van der Waals surface area contributed by atoms with Crippen LogP contribution < -0.4 is 4.90 Å². The highest BCUT2D eigenvalue weighted by Crippen LogP contribution is 2.13. The summed E-state index contributed by atoms with van der Waals surface area (Å²) in [7, 11) is 0. The van der Waals surface area contributed by atoms with Crippen LogP contribution in [0.3, 0.4) is 0 Å². The van der Waals surface area contributed by atoms with E-state index in [1.54, 1.807) is 11.8 Å². The number of pyridine rings is 1. The molecule has 148 valence electrons. The van der Waals surface area contributed by atoms with Crippen LogP contribution in [0.15, 0.2) is 24.4 Å². The molecule has 0 unspecified atom stereocenters. The number of nitrogens with zero attached hydrogens (tertiary/aromatic N) is 5. The van der Waals surface area contributed by atoms with Gasteiger partial charge in [0, 0.05) is 71.5 Å². The van der Waals surface area contributed by atoms with Gasteiger partial charge >= 0.3 is 6.09 Å². The number of carbonyl (C=O) groups is 2. The van der Waals surface area contributed by atoms with Crippen molar-refractivity contribution in [2.75, 3.05) is 70.4 Å². The maximum atomic E-state index is 12.5. The lowest BCUT2D eigenvalue weighted by Crippen LogP contribution is -2.51. The average Bonchev–Trinajstić information content (AvgIpc) is 2.73. The van der Waals surface area contributed by atoms with Crippen molar-refractivity contribution in [2.24, 2.45) is 0 Å². The monoisotopic (exact) mass is 375 g/mol. The van der Waals surface area contributed by atoms with Gasteiger partial charge in [0.1, 0.15) is 5.82 Å². The Morgan fingerprint density at radius 2 is 1.70 bits per heavy atom. The molecule has 0 aromatic carbocycles. The predicted octanol–water partition coefficient (Wildman–Crippen LogP) is 0.894. The largest absolute Gasteiger partial charge is 0.450 e. The molecule has 2 amide bonds. The van der Waals surface area contributed by atoms with Crippen LogP contribution in [0.5, 0.6) is 0 Å². The third-order valence-electron chi connectivity index (χ3n) is 5.15. The molecule has 0 atom stereocenters. The van der Waals surface area contributed by atoms with Crippen molar-refractivity contribution in [1.82, 2.24) is 19.7 Å². The molecule has 0 bridgehead atoms. The van der Waals surface area contributed by atoms with Crippen LogP contribution in [0, 0.1) is 0 Å². The summed E-state index contributed by atoms with van der Waals surface area (Å²) in [6.07, 6.45) is 2.07. The molecule has 3 rings (SSSR count). The van der Waals surface area contributed by atoms with Crippen LogP contribution in [0.25, 0.3) is 0 Å². The molecule has 2 aliphatic rings. The minimum atomic E-state index is -0.282. The summed E-state index contributed by atoms with van der Waals surface area (Å²) in [6.45, 7) is 9.00. The fourth-order valence-corrected chi connectivity index (χ4v) is 3.51. The SMILES string of the molecule is CCOC(=O)N1CCN(C(=O)CCN2CCN(c3ccccn3)CC2)CC1. The van der Waals surface area contributed by atoms with E-state index < -0.39 is 0 Å². The summed E-state index contributed by atoms with van der Waals surface area (Å²) in [5.41, 5.74) is 0. The first-order valence-electron chi connectivity index (χ1n) is 9.75. The predicted molar refractivity (Wildman–Crippen MR) is 103 cm³/mol. The van der Waals surface area contributed by atoms with Crippen molar-refractivity contribution in [1.29, 1.82) is 0 Å². The highest BCUT2D eigenvalue weighted by Gasteiger charge is 2.25. The van der Waals surface area contributed by atoms with Gasteiger partial charge in [0.25, 0.3) is 0 Å². The van der Waals surface area contributed by atoms with E-state index in [0.29, 0.717) is 39.2 Å². The zero-order valence-corrected chi connectivity index (χ0v) is 16.0. The molecule has 1 aromatic heterocycles. The molecular weight excluding hydrogens is 346 g/mol. The second-order valence-corrected chi connectivity index (χ2v) is 6.83. The lowest BCUT2D eigenvalue weighted by Gasteiger charge is -2.36. The van der Waals surface area contributed by atoms with Crippen LogP contribution in [-0.2, 0) is 9.53 Å². The zero-order chi connectivity index (χ0) is 19.1. The van der Waals surface area contributed by atoms with Crippen LogP contribution in [0.2, 0.25) is 0 Å². The molecule has 1 aromatic rings. The van der Waals surface area contributed by atoms with Crippen molar-refractivity contribution < 1.29 is 14.3 Å². The first-order valence-corrected chi connectivity index (χ1v) is 9.75. The van der Waals surface area contributed by atoms with Crippen molar-refractivity contribution >= 4 is 17.8 Å². The molecule has 0 aliphatic carbocycles. The Morgan fingerprint density at radius 3 is 2.33 bits per heavy atom. The van der Waals surface area contributed by atoms with Gasteiger partial charge in [-0.3, -0.25) is 9.69 Å². The molecule has 0 radical (unpaired) electrons. The standard InChI is InChI=1S/C19H29N5O3/c1-2-27-19(26)24-15-13-23(14-16-24)18(25)6-8-21-9-11-22(12-10-21)17-5-3-4-7-20-17/h3-5,7H,2,6,8-16H2,1H3. The fraction of sp³-hybridized carbons (Fsp3) is 0.632. The number of anilines is 1. The molecule has 0 saturated carbocycles. The summed E-state index contributed by atoms with van der Waals surface area (Å²) in [5, 5.41) is 0. The second kappa shape index (κ2) is 9.55. The normalized spacial score (nSPS) is 18.5. The van der Waals surface area contributed by atoms with Crippen molar-refractivity contribution in [3.05, 3.63) is 24.4 Å². The maximum absolute atomic E-state index is 12.5. The van der Waals surface area contributed by atoms with Gasteiger partial charge in [-0.1, -0.05) is 6.07 Å². The molecule has 2 saturated heterocycles.